The van der Waals surface area contributed by atoms with Crippen molar-refractivity contribution in [2.75, 3.05) is 7.11 Å². The van der Waals surface area contributed by atoms with Gasteiger partial charge in [0.1, 0.15) is 11.4 Å². The number of halogens is 4. The smallest absolute Gasteiger partial charge is 0.452 e. The van der Waals surface area contributed by atoms with Crippen molar-refractivity contribution in [3.05, 3.63) is 28.8 Å². The number of carbonyl (C=O) groups is 2. The van der Waals surface area contributed by atoms with Crippen LogP contribution in [0.5, 0.6) is 0 Å². The molecule has 0 unspecified atom stereocenters. The number of aromatic nitrogens is 3. The number of aliphatic carboxylic acids is 1. The normalized spacial score (nSPS) is 10.7. The summed E-state index contributed by atoms with van der Waals surface area (Å²) in [5, 5.41) is 8.75. The summed E-state index contributed by atoms with van der Waals surface area (Å²) < 4.78 is 46.9. The molecule has 0 aliphatic heterocycles. The van der Waals surface area contributed by atoms with Crippen LogP contribution in [0, 0.1) is 0 Å². The van der Waals surface area contributed by atoms with Crippen LogP contribution in [0.3, 0.4) is 0 Å². The predicted octanol–water partition coefficient (Wildman–Crippen LogP) is 2.93. The first-order chi connectivity index (χ1) is 12.0. The highest BCUT2D eigenvalue weighted by molar-refractivity contribution is 9.10. The number of carboxylic acid groups (broad SMARTS) is 1. The lowest BCUT2D eigenvalue weighted by atomic mass is 10.3. The highest BCUT2D eigenvalue weighted by atomic mass is 79.9. The van der Waals surface area contributed by atoms with Gasteiger partial charge < -0.3 is 9.84 Å². The molecule has 26 heavy (non-hydrogen) atoms. The molecule has 0 fully saturated rings. The first kappa shape index (κ1) is 22.0. The number of alkyl halides is 3. The monoisotopic (exact) mass is 456 g/mol. The molecule has 0 amide bonds. The van der Waals surface area contributed by atoms with Gasteiger partial charge in [-0.15, -0.1) is 0 Å². The van der Waals surface area contributed by atoms with Crippen molar-refractivity contribution in [2.45, 2.75) is 26.1 Å². The van der Waals surface area contributed by atoms with Crippen molar-refractivity contribution >= 4 is 39.4 Å². The number of nitrogens with zero attached hydrogens (tertiary/aromatic N) is 3. The third-order valence-corrected chi connectivity index (χ3v) is 4.13. The fourth-order valence-corrected chi connectivity index (χ4v) is 2.93. The van der Waals surface area contributed by atoms with E-state index < -0.39 is 18.0 Å². The van der Waals surface area contributed by atoms with Crippen LogP contribution in [0.25, 0.3) is 10.6 Å². The Bertz CT molecular complexity index is 783. The van der Waals surface area contributed by atoms with Crippen LogP contribution in [-0.4, -0.2) is 33.5 Å². The summed E-state index contributed by atoms with van der Waals surface area (Å²) in [4.78, 5) is 23.6. The minimum Gasteiger partial charge on any atom is -0.481 e. The summed E-state index contributed by atoms with van der Waals surface area (Å²) in [6.45, 7) is 1.62. The van der Waals surface area contributed by atoms with Crippen molar-refractivity contribution in [3.63, 3.8) is 0 Å². The second-order valence-electron chi connectivity index (χ2n) is 4.70. The topological polar surface area (TPSA) is 93.3 Å². The molecule has 0 aliphatic carbocycles. The number of ether oxygens (including phenoxy) is 1. The SMILES string of the molecule is COC(C)=O.O=C(O)CC[n+]1ccc(-c2nc(C(F)(F)F)ns2)c(Br)c1. The van der Waals surface area contributed by atoms with Crippen molar-refractivity contribution in [1.82, 2.24) is 9.36 Å². The second-order valence-corrected chi connectivity index (χ2v) is 6.31. The molecule has 0 saturated heterocycles. The Hall–Kier alpha value is -2.08. The van der Waals surface area contributed by atoms with E-state index in [0.29, 0.717) is 21.6 Å². The molecule has 2 aromatic rings. The maximum atomic E-state index is 12.5. The van der Waals surface area contributed by atoms with Crippen LogP contribution in [0.15, 0.2) is 22.9 Å². The molecule has 2 aromatic heterocycles. The largest absolute Gasteiger partial charge is 0.481 e. The van der Waals surface area contributed by atoms with Gasteiger partial charge in [-0.05, 0) is 27.5 Å². The molecule has 0 saturated carbocycles. The molecule has 142 valence electrons. The van der Waals surface area contributed by atoms with E-state index in [-0.39, 0.29) is 23.9 Å². The summed E-state index contributed by atoms with van der Waals surface area (Å²) in [5.74, 6) is -2.34. The predicted molar refractivity (Wildman–Crippen MR) is 88.2 cm³/mol. The van der Waals surface area contributed by atoms with Crippen LogP contribution in [-0.2, 0) is 27.0 Å². The molecule has 7 nitrogen and oxygen atoms in total. The number of carbonyl (C=O) groups excluding carboxylic acids is 1. The summed E-state index contributed by atoms with van der Waals surface area (Å²) in [7, 11) is 1.35. The molecular formula is C14H14BrF3N3O4S+. The van der Waals surface area contributed by atoms with Gasteiger partial charge in [0.15, 0.2) is 18.9 Å². The lowest BCUT2D eigenvalue weighted by molar-refractivity contribution is -0.696. The molecule has 2 rings (SSSR count). The molecule has 0 aromatic carbocycles. The van der Waals surface area contributed by atoms with E-state index in [9.17, 15) is 22.8 Å². The molecule has 0 aliphatic rings. The molecule has 0 bridgehead atoms. The molecular weight excluding hydrogens is 443 g/mol. The maximum absolute atomic E-state index is 12.5. The van der Waals surface area contributed by atoms with Gasteiger partial charge in [-0.3, -0.25) is 9.59 Å². The van der Waals surface area contributed by atoms with Gasteiger partial charge in [0.25, 0.3) is 0 Å². The van der Waals surface area contributed by atoms with E-state index in [1.165, 1.54) is 14.0 Å². The number of carboxylic acids is 1. The molecule has 0 atom stereocenters. The summed E-state index contributed by atoms with van der Waals surface area (Å²) in [6, 6.07) is 1.56. The zero-order chi connectivity index (χ0) is 19.9. The fraction of sp³-hybridized carbons (Fsp3) is 0.357. The Kier molecular flexibility index (Phi) is 8.08. The molecule has 2 heterocycles. The van der Waals surface area contributed by atoms with Gasteiger partial charge in [-0.1, -0.05) is 0 Å². The average molecular weight is 457 g/mol. The van der Waals surface area contributed by atoms with Gasteiger partial charge in [-0.25, -0.2) is 9.55 Å². The summed E-state index contributed by atoms with van der Waals surface area (Å²) in [5.41, 5.74) is 0.467. The number of aryl methyl sites for hydroxylation is 1. The Morgan fingerprint density at radius 1 is 1.42 bits per heavy atom. The maximum Gasteiger partial charge on any atom is 0.452 e. The van der Waals surface area contributed by atoms with Gasteiger partial charge in [-0.2, -0.15) is 17.5 Å². The van der Waals surface area contributed by atoms with E-state index in [4.69, 9.17) is 5.11 Å². The Morgan fingerprint density at radius 2 is 2.04 bits per heavy atom. The fourth-order valence-electron chi connectivity index (χ4n) is 1.49. The number of hydrogen-bond acceptors (Lipinski definition) is 6. The van der Waals surface area contributed by atoms with E-state index >= 15 is 0 Å². The van der Waals surface area contributed by atoms with Gasteiger partial charge in [0.05, 0.1) is 11.6 Å². The average Bonchev–Trinajstić information content (AvgIpc) is 3.03. The number of hydrogen-bond donors (Lipinski definition) is 1. The minimum atomic E-state index is -4.57. The number of pyridine rings is 1. The second kappa shape index (κ2) is 9.57. The van der Waals surface area contributed by atoms with Gasteiger partial charge in [0.2, 0.25) is 5.82 Å². The first-order valence-corrected chi connectivity index (χ1v) is 8.47. The van der Waals surface area contributed by atoms with Gasteiger partial charge in [0, 0.05) is 18.6 Å². The highest BCUT2D eigenvalue weighted by Gasteiger charge is 2.36. The lowest BCUT2D eigenvalue weighted by Crippen LogP contribution is -2.34. The van der Waals surface area contributed by atoms with E-state index in [2.05, 4.69) is 30.0 Å². The quantitative estimate of drug-likeness (QED) is 0.561. The molecule has 1 N–H and O–H groups in total. The zero-order valence-electron chi connectivity index (χ0n) is 13.6. The third kappa shape index (κ3) is 7.04. The number of methoxy groups -OCH3 is 1. The van der Waals surface area contributed by atoms with Crippen molar-refractivity contribution in [1.29, 1.82) is 0 Å². The number of esters is 1. The summed E-state index contributed by atoms with van der Waals surface area (Å²) >= 11 is 3.89. The molecule has 0 spiro atoms. The van der Waals surface area contributed by atoms with Crippen LogP contribution >= 0.6 is 27.5 Å². The zero-order valence-corrected chi connectivity index (χ0v) is 16.0. The Balaban J connectivity index is 0.000000597. The Labute approximate surface area is 158 Å². The third-order valence-electron chi connectivity index (χ3n) is 2.75. The minimum absolute atomic E-state index is 0.0481. The number of rotatable bonds is 4. The molecule has 0 radical (unpaired) electrons. The van der Waals surface area contributed by atoms with Crippen LogP contribution in [0.4, 0.5) is 13.2 Å². The van der Waals surface area contributed by atoms with Crippen molar-refractivity contribution in [3.8, 4) is 10.6 Å². The van der Waals surface area contributed by atoms with E-state index in [1.54, 1.807) is 23.0 Å². The van der Waals surface area contributed by atoms with E-state index in [1.807, 2.05) is 0 Å². The first-order valence-electron chi connectivity index (χ1n) is 6.90. The van der Waals surface area contributed by atoms with Crippen LogP contribution in [0.2, 0.25) is 0 Å². The Morgan fingerprint density at radius 3 is 2.46 bits per heavy atom. The van der Waals surface area contributed by atoms with Crippen molar-refractivity contribution < 1.29 is 37.2 Å². The lowest BCUT2D eigenvalue weighted by Gasteiger charge is -2.00. The highest BCUT2D eigenvalue weighted by Crippen LogP contribution is 2.33. The van der Waals surface area contributed by atoms with E-state index in [0.717, 1.165) is 0 Å². The van der Waals surface area contributed by atoms with Crippen molar-refractivity contribution in [2.24, 2.45) is 0 Å². The van der Waals surface area contributed by atoms with Crippen LogP contribution in [0.1, 0.15) is 19.2 Å². The summed E-state index contributed by atoms with van der Waals surface area (Å²) in [6.07, 6.45) is -1.45. The molecule has 12 heteroatoms. The van der Waals surface area contributed by atoms with Crippen LogP contribution < -0.4 is 4.57 Å². The standard InChI is InChI=1S/C11H7BrF3N3O2S.C3H6O2/c12-7-5-18(4-2-8(19)20)3-1-6(7)9-16-10(17-21-9)11(13,14)15;1-3(4)5-2/h1,3,5H,2,4H2;1-2H3/p+1. The van der Waals surface area contributed by atoms with Gasteiger partial charge >= 0.3 is 18.1 Å².